The number of likely N-dealkylation sites (N-methyl/N-ethyl adjacent to an activating group) is 1. The van der Waals surface area contributed by atoms with Crippen molar-refractivity contribution in [3.63, 3.8) is 0 Å². The second-order valence-electron chi connectivity index (χ2n) is 5.69. The normalized spacial score (nSPS) is 26.5. The molecule has 0 aromatic carbocycles. The van der Waals surface area contributed by atoms with Gasteiger partial charge in [0.1, 0.15) is 0 Å². The Bertz CT molecular complexity index is 428. The van der Waals surface area contributed by atoms with E-state index in [0.717, 1.165) is 25.1 Å². The minimum Gasteiger partial charge on any atom is -0.350 e. The quantitative estimate of drug-likeness (QED) is 0.439. The molecule has 0 radical (unpaired) electrons. The molecule has 2 heterocycles. The summed E-state index contributed by atoms with van der Waals surface area (Å²) < 4.78 is 49.5. The number of unbranched alkanes of at least 4 members (excludes halogenated alkanes) is 2. The van der Waals surface area contributed by atoms with Crippen LogP contribution in [0.5, 0.6) is 0 Å². The molecular formula is C14H22F3N3OS. The predicted molar refractivity (Wildman–Crippen MR) is 82.6 cm³/mol. The van der Waals surface area contributed by atoms with E-state index in [1.54, 1.807) is 6.21 Å². The van der Waals surface area contributed by atoms with Crippen molar-refractivity contribution in [1.29, 1.82) is 0 Å². The van der Waals surface area contributed by atoms with E-state index < -0.39 is 18.3 Å². The average Bonchev–Trinajstić information content (AvgIpc) is 2.92. The Hall–Kier alpha value is -0.570. The van der Waals surface area contributed by atoms with E-state index in [0.29, 0.717) is 19.4 Å². The third-order valence-corrected chi connectivity index (χ3v) is 4.34. The van der Waals surface area contributed by atoms with Gasteiger partial charge < -0.3 is 9.64 Å². The summed E-state index contributed by atoms with van der Waals surface area (Å²) in [7, 11) is 2.05. The molecule has 0 aromatic heterocycles. The summed E-state index contributed by atoms with van der Waals surface area (Å²) in [6, 6.07) is 0. The minimum atomic E-state index is -4.06. The number of halogens is 3. The summed E-state index contributed by atoms with van der Waals surface area (Å²) >= 11 is 1.23. The Kier molecular flexibility index (Phi) is 6.31. The van der Waals surface area contributed by atoms with Gasteiger partial charge in [-0.25, -0.2) is 9.12 Å². The highest BCUT2D eigenvalue weighted by Crippen LogP contribution is 2.29. The number of hydrogen-bond acceptors (Lipinski definition) is 5. The first-order chi connectivity index (χ1) is 10.4. The third-order valence-electron chi connectivity index (χ3n) is 3.74. The molecule has 0 saturated heterocycles. The van der Waals surface area contributed by atoms with Gasteiger partial charge >= 0.3 is 6.18 Å². The molecule has 0 saturated carbocycles. The van der Waals surface area contributed by atoms with E-state index in [1.165, 1.54) is 12.1 Å². The van der Waals surface area contributed by atoms with Crippen LogP contribution in [0.3, 0.4) is 0 Å². The van der Waals surface area contributed by atoms with Crippen LogP contribution in [0.25, 0.3) is 0 Å². The molecule has 2 aliphatic heterocycles. The Morgan fingerprint density at radius 2 is 2.23 bits per heavy atom. The standard InChI is InChI=1S/C14H22F3N3OS/c1-20-8-5-6-12(10-20)13(11-18-22-19-13)21-9-4-2-3-7-14(15,16)17/h6,11,19H,2-5,7-10H2,1H3. The summed E-state index contributed by atoms with van der Waals surface area (Å²) in [4.78, 5) is 2.21. The number of alkyl halides is 3. The Balaban J connectivity index is 1.78. The second-order valence-corrected chi connectivity index (χ2v) is 6.29. The van der Waals surface area contributed by atoms with Gasteiger partial charge in [-0.1, -0.05) is 12.5 Å². The maximum atomic E-state index is 12.1. The SMILES string of the molecule is CN1CCC=C(C2(OCCCCCC(F)(F)F)C=NSN2)C1. The first-order valence-electron chi connectivity index (χ1n) is 7.48. The lowest BCUT2D eigenvalue weighted by atomic mass is 10.00. The van der Waals surface area contributed by atoms with Crippen LogP contribution in [0.1, 0.15) is 32.1 Å². The molecule has 0 amide bonds. The van der Waals surface area contributed by atoms with Gasteiger partial charge in [0.2, 0.25) is 0 Å². The Morgan fingerprint density at radius 3 is 2.86 bits per heavy atom. The number of nitrogens with one attached hydrogen (secondary N) is 1. The van der Waals surface area contributed by atoms with Crippen LogP contribution in [-0.2, 0) is 4.74 Å². The van der Waals surface area contributed by atoms with Gasteiger partial charge in [0.15, 0.2) is 5.72 Å². The first kappa shape index (κ1) is 17.8. The smallest absolute Gasteiger partial charge is 0.350 e. The highest BCUT2D eigenvalue weighted by molar-refractivity contribution is 7.96. The minimum absolute atomic E-state index is 0.154. The van der Waals surface area contributed by atoms with E-state index in [4.69, 9.17) is 4.74 Å². The monoisotopic (exact) mass is 337 g/mol. The molecule has 0 fully saturated rings. The van der Waals surface area contributed by atoms with E-state index in [9.17, 15) is 13.2 Å². The maximum Gasteiger partial charge on any atom is 0.389 e. The second kappa shape index (κ2) is 7.81. The van der Waals surface area contributed by atoms with E-state index in [2.05, 4.69) is 27.1 Å². The number of ether oxygens (including phenoxy) is 1. The van der Waals surface area contributed by atoms with Crippen LogP contribution < -0.4 is 4.72 Å². The lowest BCUT2D eigenvalue weighted by Gasteiger charge is -2.34. The van der Waals surface area contributed by atoms with Crippen molar-refractivity contribution in [2.45, 2.75) is 44.0 Å². The Labute approximate surface area is 133 Å². The zero-order valence-electron chi connectivity index (χ0n) is 12.7. The van der Waals surface area contributed by atoms with Crippen LogP contribution in [-0.4, -0.2) is 49.8 Å². The number of hydrogen-bond donors (Lipinski definition) is 1. The van der Waals surface area contributed by atoms with Crippen molar-refractivity contribution in [3.8, 4) is 0 Å². The van der Waals surface area contributed by atoms with Gasteiger partial charge in [-0.3, -0.25) is 0 Å². The van der Waals surface area contributed by atoms with Crippen LogP contribution in [0.4, 0.5) is 13.2 Å². The van der Waals surface area contributed by atoms with Gasteiger partial charge in [-0.15, -0.1) is 0 Å². The zero-order valence-corrected chi connectivity index (χ0v) is 13.5. The molecule has 0 bridgehead atoms. The molecular weight excluding hydrogens is 315 g/mol. The molecule has 0 spiro atoms. The zero-order chi connectivity index (χ0) is 16.1. The summed E-state index contributed by atoms with van der Waals surface area (Å²) in [6.07, 6.45) is 1.37. The Morgan fingerprint density at radius 1 is 1.41 bits per heavy atom. The molecule has 2 aliphatic rings. The fourth-order valence-electron chi connectivity index (χ4n) is 2.53. The summed E-state index contributed by atoms with van der Waals surface area (Å²) in [5.41, 5.74) is 0.411. The average molecular weight is 337 g/mol. The van der Waals surface area contributed by atoms with Gasteiger partial charge in [-0.2, -0.15) is 13.2 Å². The molecule has 1 atom stereocenters. The van der Waals surface area contributed by atoms with Crippen molar-refractivity contribution < 1.29 is 17.9 Å². The highest BCUT2D eigenvalue weighted by Gasteiger charge is 2.38. The number of nitrogens with zero attached hydrogens (tertiary/aromatic N) is 2. The molecule has 1 unspecified atom stereocenters. The molecule has 4 nitrogen and oxygen atoms in total. The molecule has 0 aromatic rings. The van der Waals surface area contributed by atoms with E-state index in [-0.39, 0.29) is 6.42 Å². The summed E-state index contributed by atoms with van der Waals surface area (Å²) in [5.74, 6) is 0. The van der Waals surface area contributed by atoms with Crippen LogP contribution in [0, 0.1) is 0 Å². The van der Waals surface area contributed by atoms with Crippen molar-refractivity contribution in [2.24, 2.45) is 4.40 Å². The van der Waals surface area contributed by atoms with Crippen molar-refractivity contribution in [3.05, 3.63) is 11.6 Å². The van der Waals surface area contributed by atoms with Crippen LogP contribution in [0.15, 0.2) is 16.0 Å². The maximum absolute atomic E-state index is 12.1. The van der Waals surface area contributed by atoms with E-state index in [1.807, 2.05) is 0 Å². The molecule has 0 aliphatic carbocycles. The van der Waals surface area contributed by atoms with Crippen LogP contribution >= 0.6 is 12.1 Å². The fraction of sp³-hybridized carbons (Fsp3) is 0.786. The third kappa shape index (κ3) is 5.26. The molecule has 8 heteroatoms. The van der Waals surface area contributed by atoms with Crippen molar-refractivity contribution in [1.82, 2.24) is 9.62 Å². The molecule has 22 heavy (non-hydrogen) atoms. The predicted octanol–water partition coefficient (Wildman–Crippen LogP) is 3.32. The van der Waals surface area contributed by atoms with Gasteiger partial charge in [0, 0.05) is 26.1 Å². The summed E-state index contributed by atoms with van der Waals surface area (Å²) in [5, 5.41) is 0. The molecule has 2 rings (SSSR count). The molecule has 1 N–H and O–H groups in total. The van der Waals surface area contributed by atoms with Gasteiger partial charge in [-0.05, 0) is 31.9 Å². The van der Waals surface area contributed by atoms with Gasteiger partial charge in [0.25, 0.3) is 0 Å². The summed E-state index contributed by atoms with van der Waals surface area (Å²) in [6.45, 7) is 2.23. The lowest BCUT2D eigenvalue weighted by Crippen LogP contribution is -2.49. The topological polar surface area (TPSA) is 36.9 Å². The van der Waals surface area contributed by atoms with E-state index >= 15 is 0 Å². The van der Waals surface area contributed by atoms with Crippen molar-refractivity contribution >= 4 is 18.3 Å². The lowest BCUT2D eigenvalue weighted by molar-refractivity contribution is -0.135. The molecule has 126 valence electrons. The van der Waals surface area contributed by atoms with Crippen molar-refractivity contribution in [2.75, 3.05) is 26.7 Å². The van der Waals surface area contributed by atoms with Gasteiger partial charge in [0.05, 0.1) is 18.3 Å². The fourth-order valence-corrected chi connectivity index (χ4v) is 3.16. The number of rotatable bonds is 7. The highest BCUT2D eigenvalue weighted by atomic mass is 32.2. The first-order valence-corrected chi connectivity index (χ1v) is 8.25. The largest absolute Gasteiger partial charge is 0.389 e. The van der Waals surface area contributed by atoms with Crippen LogP contribution in [0.2, 0.25) is 0 Å².